The lowest BCUT2D eigenvalue weighted by Gasteiger charge is -2.32. The van der Waals surface area contributed by atoms with Crippen LogP contribution in [0.5, 0.6) is 0 Å². The Kier molecular flexibility index (Phi) is 6.99. The molecule has 10 heteroatoms. The Hall–Kier alpha value is -6.56. The van der Waals surface area contributed by atoms with Gasteiger partial charge in [0.25, 0.3) is 5.70 Å². The number of hydrogen-bond acceptors (Lipinski definition) is 9. The minimum Gasteiger partial charge on any atom is -0.287 e. The van der Waals surface area contributed by atoms with Crippen molar-refractivity contribution >= 4 is 69.0 Å². The number of carbonyl (C=O) groups is 2. The van der Waals surface area contributed by atoms with Crippen LogP contribution < -0.4 is 0 Å². The maximum atomic E-state index is 13.8. The molecule has 9 rings (SSSR count). The number of Topliss-reactive ketones (excluding diaryl/α,β-unsaturated/α-hetero) is 2. The van der Waals surface area contributed by atoms with E-state index in [0.29, 0.717) is 33.6 Å². The van der Waals surface area contributed by atoms with Crippen molar-refractivity contribution in [1.82, 2.24) is 0 Å². The second-order valence-corrected chi connectivity index (χ2v) is 17.7. The molecule has 2 aromatic carbocycles. The van der Waals surface area contributed by atoms with Crippen LogP contribution in [0.25, 0.3) is 37.9 Å². The van der Waals surface area contributed by atoms with E-state index in [0.717, 1.165) is 20.9 Å². The standard InChI is InChI=1S/C45H28N6O2S2/c1-43(2)29(50-37-31(21(18-46)19-47)22-12-8-10-14-24(22)39(37)52)16-27-33(43)35-41(54-27)42-36(45(35,5)6)34-28(55-42)17-30(44(34,3)4)51-38-32(26(20-48)49-7)23-13-9-11-15-25(23)40(38)53/h8-17H,1-6H3. The zero-order valence-electron chi connectivity index (χ0n) is 30.6. The highest BCUT2D eigenvalue weighted by Gasteiger charge is 2.53. The molecule has 0 saturated heterocycles. The number of fused-ring (bicyclic) bond motifs is 9. The van der Waals surface area contributed by atoms with Gasteiger partial charge in [0.2, 0.25) is 11.6 Å². The molecule has 5 aliphatic carbocycles. The Bertz CT molecular complexity index is 2740. The molecule has 2 heterocycles. The minimum absolute atomic E-state index is 0.115. The summed E-state index contributed by atoms with van der Waals surface area (Å²) in [4.78, 5) is 45.5. The lowest BCUT2D eigenvalue weighted by molar-refractivity contribution is 0.106. The first-order chi connectivity index (χ1) is 26.2. The molecule has 0 spiro atoms. The second-order valence-electron chi connectivity index (χ2n) is 15.6. The molecule has 0 radical (unpaired) electrons. The lowest BCUT2D eigenvalue weighted by atomic mass is 9.71. The summed E-state index contributed by atoms with van der Waals surface area (Å²) >= 11 is 3.43. The van der Waals surface area contributed by atoms with Gasteiger partial charge in [-0.2, -0.15) is 10.5 Å². The van der Waals surface area contributed by atoms with E-state index in [1.807, 2.05) is 24.3 Å². The van der Waals surface area contributed by atoms with Gasteiger partial charge in [-0.15, -0.1) is 22.7 Å². The van der Waals surface area contributed by atoms with E-state index in [9.17, 15) is 25.4 Å². The molecule has 0 fully saturated rings. The first-order valence-corrected chi connectivity index (χ1v) is 19.2. The number of allylic oxidation sites excluding steroid dienone is 6. The molecule has 55 heavy (non-hydrogen) atoms. The summed E-state index contributed by atoms with van der Waals surface area (Å²) in [5.74, 6) is -0.602. The van der Waals surface area contributed by atoms with Gasteiger partial charge in [-0.05, 0) is 45.5 Å². The van der Waals surface area contributed by atoms with Crippen LogP contribution in [0.1, 0.15) is 105 Å². The highest BCUT2D eigenvalue weighted by Crippen LogP contribution is 2.66. The highest BCUT2D eigenvalue weighted by atomic mass is 32.1. The van der Waals surface area contributed by atoms with Gasteiger partial charge in [-0.3, -0.25) is 9.59 Å². The van der Waals surface area contributed by atoms with E-state index in [2.05, 4.69) is 52.5 Å². The highest BCUT2D eigenvalue weighted by molar-refractivity contribution is 7.23. The third-order valence-electron chi connectivity index (χ3n) is 11.6. The van der Waals surface area contributed by atoms with Gasteiger partial charge < -0.3 is 0 Å². The predicted molar refractivity (Wildman–Crippen MR) is 215 cm³/mol. The number of benzene rings is 2. The van der Waals surface area contributed by atoms with E-state index >= 15 is 0 Å². The number of rotatable bonds is 2. The molecule has 2 aromatic heterocycles. The second kappa shape index (κ2) is 11.2. The molecular formula is C45H28N6O2S2. The SMILES string of the molecule is [C-]#[N+]C(C#N)=C1C(=NC2=Cc3sc4c(c3C2(C)C)C(C)(C)c2c-4sc3c2C(C)(C)C(N=C2C(=O)c4ccccc4C2=C(C#N)C#N)=C3)C(=O)c2ccccc21. The van der Waals surface area contributed by atoms with E-state index in [4.69, 9.17) is 16.6 Å². The minimum atomic E-state index is -0.604. The maximum absolute atomic E-state index is 13.8. The molecule has 5 aliphatic rings. The molecule has 8 nitrogen and oxygen atoms in total. The van der Waals surface area contributed by atoms with Crippen molar-refractivity contribution < 1.29 is 9.59 Å². The average molecular weight is 749 g/mol. The molecule has 0 N–H and O–H groups in total. The quantitative estimate of drug-likeness (QED) is 0.149. The Labute approximate surface area is 325 Å². The molecule has 0 saturated carbocycles. The number of ketones is 2. The summed E-state index contributed by atoms with van der Waals surface area (Å²) in [7, 11) is 0. The van der Waals surface area contributed by atoms with Gasteiger partial charge in [-0.25, -0.2) is 20.1 Å². The predicted octanol–water partition coefficient (Wildman–Crippen LogP) is 10.0. The zero-order valence-corrected chi connectivity index (χ0v) is 32.2. The van der Waals surface area contributed by atoms with Crippen LogP contribution in [0.15, 0.2) is 81.2 Å². The van der Waals surface area contributed by atoms with Gasteiger partial charge >= 0.3 is 0 Å². The van der Waals surface area contributed by atoms with Crippen molar-refractivity contribution in [2.24, 2.45) is 9.98 Å². The van der Waals surface area contributed by atoms with E-state index in [1.54, 1.807) is 71.2 Å². The summed E-state index contributed by atoms with van der Waals surface area (Å²) in [6.45, 7) is 20.6. The number of carbonyl (C=O) groups excluding carboxylic acids is 2. The molecular weight excluding hydrogens is 721 g/mol. The zero-order chi connectivity index (χ0) is 38.9. The normalized spacial score (nSPS) is 20.7. The Morgan fingerprint density at radius 2 is 1.04 bits per heavy atom. The summed E-state index contributed by atoms with van der Waals surface area (Å²) < 4.78 is 0. The third-order valence-corrected chi connectivity index (χ3v) is 14.0. The molecule has 4 aromatic rings. The van der Waals surface area contributed by atoms with Gasteiger partial charge in [-0.1, -0.05) is 90.1 Å². The summed E-state index contributed by atoms with van der Waals surface area (Å²) in [5.41, 5.74) is 6.96. The van der Waals surface area contributed by atoms with Crippen LogP contribution in [0.2, 0.25) is 0 Å². The van der Waals surface area contributed by atoms with Gasteiger partial charge in [0.15, 0.2) is 0 Å². The number of aliphatic imine (C=N–C) groups is 2. The van der Waals surface area contributed by atoms with Crippen LogP contribution in [0, 0.1) is 40.6 Å². The fraction of sp³-hybridized carbons (Fsp3) is 0.200. The smallest absolute Gasteiger partial charge is 0.271 e. The van der Waals surface area contributed by atoms with Crippen LogP contribution in [0.3, 0.4) is 0 Å². The Balaban J connectivity index is 1.15. The summed E-state index contributed by atoms with van der Waals surface area (Å²) in [5, 5.41) is 29.6. The van der Waals surface area contributed by atoms with Crippen molar-refractivity contribution in [3.63, 3.8) is 0 Å². The average Bonchev–Trinajstić information content (AvgIpc) is 3.99. The Morgan fingerprint density at radius 3 is 1.45 bits per heavy atom. The molecule has 0 atom stereocenters. The van der Waals surface area contributed by atoms with E-state index in [1.165, 1.54) is 20.9 Å². The van der Waals surface area contributed by atoms with Crippen LogP contribution >= 0.6 is 22.7 Å². The van der Waals surface area contributed by atoms with Crippen molar-refractivity contribution in [1.29, 1.82) is 15.8 Å². The first kappa shape index (κ1) is 34.2. The topological polar surface area (TPSA) is 135 Å². The third kappa shape index (κ3) is 4.27. The van der Waals surface area contributed by atoms with Gasteiger partial charge in [0.05, 0.1) is 24.0 Å². The summed E-state index contributed by atoms with van der Waals surface area (Å²) in [6, 6.07) is 20.0. The molecule has 262 valence electrons. The fourth-order valence-electron chi connectivity index (χ4n) is 8.94. The van der Waals surface area contributed by atoms with E-state index in [-0.39, 0.29) is 45.4 Å². The number of nitrogens with zero attached hydrogens (tertiary/aromatic N) is 6. The monoisotopic (exact) mass is 748 g/mol. The first-order valence-electron chi connectivity index (χ1n) is 17.5. The van der Waals surface area contributed by atoms with Crippen molar-refractivity contribution in [3.8, 4) is 28.0 Å². The number of nitriles is 3. The van der Waals surface area contributed by atoms with Crippen LogP contribution in [0.4, 0.5) is 0 Å². The van der Waals surface area contributed by atoms with Gasteiger partial charge in [0, 0.05) is 58.0 Å². The largest absolute Gasteiger partial charge is 0.287 e. The van der Waals surface area contributed by atoms with Crippen LogP contribution in [-0.4, -0.2) is 23.0 Å². The maximum Gasteiger partial charge on any atom is 0.271 e. The van der Waals surface area contributed by atoms with Gasteiger partial charge in [0.1, 0.15) is 29.1 Å². The molecule has 0 unspecified atom stereocenters. The van der Waals surface area contributed by atoms with Crippen molar-refractivity contribution in [2.75, 3.05) is 0 Å². The number of thiophene rings is 2. The van der Waals surface area contributed by atoms with Crippen molar-refractivity contribution in [3.05, 3.63) is 137 Å². The number of hydrogen-bond donors (Lipinski definition) is 0. The Morgan fingerprint density at radius 1 is 0.618 bits per heavy atom. The molecule has 0 amide bonds. The van der Waals surface area contributed by atoms with Crippen LogP contribution in [-0.2, 0) is 16.2 Å². The van der Waals surface area contributed by atoms with Crippen molar-refractivity contribution in [2.45, 2.75) is 57.8 Å². The molecule has 0 aliphatic heterocycles. The fourth-order valence-corrected chi connectivity index (χ4v) is 12.2. The molecule has 0 bridgehead atoms. The summed E-state index contributed by atoms with van der Waals surface area (Å²) in [6.07, 6.45) is 4.10. The lowest BCUT2D eigenvalue weighted by Crippen LogP contribution is -2.27. The van der Waals surface area contributed by atoms with E-state index < -0.39 is 16.2 Å².